The van der Waals surface area contributed by atoms with Crippen LogP contribution in [0.5, 0.6) is 0 Å². The summed E-state index contributed by atoms with van der Waals surface area (Å²) in [5.41, 5.74) is 0. The highest BCUT2D eigenvalue weighted by molar-refractivity contribution is 7.26. The van der Waals surface area contributed by atoms with E-state index in [2.05, 4.69) is 4.74 Å². The zero-order valence-electron chi connectivity index (χ0n) is 8.75. The monoisotopic (exact) mass is 210 g/mol. The number of hydrogen-bond donors (Lipinski definition) is 0. The lowest BCUT2D eigenvalue weighted by molar-refractivity contribution is -0.140. The van der Waals surface area contributed by atoms with Gasteiger partial charge in [-0.15, -0.1) is 0 Å². The molecule has 0 aliphatic carbocycles. The van der Waals surface area contributed by atoms with Crippen LogP contribution in [0, 0.1) is 0 Å². The lowest BCUT2D eigenvalue weighted by Crippen LogP contribution is -1.95. The van der Waals surface area contributed by atoms with Crippen LogP contribution >= 0.6 is 9.03 Å². The molecule has 0 bridgehead atoms. The maximum absolute atomic E-state index is 9.82. The van der Waals surface area contributed by atoms with Crippen molar-refractivity contribution in [1.29, 1.82) is 0 Å². The molecule has 0 fully saturated rings. The molecule has 0 saturated carbocycles. The van der Waals surface area contributed by atoms with Gasteiger partial charge in [-0.25, -0.2) is 0 Å². The van der Waals surface area contributed by atoms with Gasteiger partial charge in [0.1, 0.15) is 0 Å². The molecule has 0 atom stereocenters. The van der Waals surface area contributed by atoms with E-state index in [9.17, 15) is 4.79 Å². The molecule has 0 N–H and O–H groups in total. The smallest absolute Gasteiger partial charge is 0.302 e. The second-order valence-corrected chi connectivity index (χ2v) is 2.62. The molecule has 0 aliphatic heterocycles. The first kappa shape index (κ1) is 15.3. The van der Waals surface area contributed by atoms with Crippen LogP contribution < -0.4 is 0 Å². The lowest BCUT2D eigenvalue weighted by atomic mass is 10.8. The summed E-state index contributed by atoms with van der Waals surface area (Å²) < 4.78 is 14.2. The van der Waals surface area contributed by atoms with E-state index in [1.54, 1.807) is 6.92 Å². The van der Waals surface area contributed by atoms with Crippen LogP contribution in [0.4, 0.5) is 0 Å². The van der Waals surface area contributed by atoms with Crippen molar-refractivity contribution in [3.63, 3.8) is 0 Å². The third-order valence-electron chi connectivity index (χ3n) is 0.754. The summed E-state index contributed by atoms with van der Waals surface area (Å²) in [7, 11) is 0.232. The molecule has 0 aromatic rings. The second kappa shape index (κ2) is 14.3. The van der Waals surface area contributed by atoms with Crippen molar-refractivity contribution in [2.24, 2.45) is 0 Å². The van der Waals surface area contributed by atoms with E-state index >= 15 is 0 Å². The Kier molecular flexibility index (Phi) is 16.9. The molecule has 13 heavy (non-hydrogen) atoms. The molecule has 0 spiro atoms. The van der Waals surface area contributed by atoms with Crippen LogP contribution in [0.2, 0.25) is 0 Å². The number of esters is 1. The molecule has 0 aromatic carbocycles. The Bertz CT molecular complexity index is 104. The molecule has 0 amide bonds. The Hall–Kier alpha value is -0.180. The molecule has 0 saturated heterocycles. The highest BCUT2D eigenvalue weighted by atomic mass is 31.1. The van der Waals surface area contributed by atoms with Crippen molar-refractivity contribution in [3.05, 3.63) is 0 Å². The maximum atomic E-state index is 9.82. The fourth-order valence-corrected chi connectivity index (χ4v) is 0.682. The van der Waals surface area contributed by atoms with Gasteiger partial charge in [-0.3, -0.25) is 4.79 Å². The fraction of sp³-hybridized carbons (Fsp3) is 0.875. The Labute approximate surface area is 81.9 Å². The first-order valence-electron chi connectivity index (χ1n) is 4.30. The zero-order valence-corrected chi connectivity index (χ0v) is 9.75. The van der Waals surface area contributed by atoms with Crippen molar-refractivity contribution in [1.82, 2.24) is 0 Å². The molecule has 80 valence electrons. The molecule has 0 aliphatic rings. The van der Waals surface area contributed by atoms with Crippen molar-refractivity contribution in [3.8, 4) is 0 Å². The van der Waals surface area contributed by atoms with E-state index in [0.717, 1.165) is 13.2 Å². The fourth-order valence-electron chi connectivity index (χ4n) is 0.363. The van der Waals surface area contributed by atoms with Crippen LogP contribution in [0.25, 0.3) is 0 Å². The molecule has 0 rings (SSSR count). The quantitative estimate of drug-likeness (QED) is 0.396. The third kappa shape index (κ3) is 24.5. The molecule has 0 aromatic heterocycles. The SMILES string of the molecule is CCOC(C)=O.CCOPOCC. The standard InChI is InChI=1S/C4H11O2P.C4H8O2/c1-3-5-7-6-4-2;1-3-6-4(2)5/h7H,3-4H2,1-2H3;3H2,1-2H3. The van der Waals surface area contributed by atoms with Crippen LogP contribution in [-0.4, -0.2) is 25.8 Å². The second-order valence-electron chi connectivity index (χ2n) is 1.87. The normalized spacial score (nSPS) is 8.62. The molecule has 0 radical (unpaired) electrons. The minimum absolute atomic E-state index is 0.211. The summed E-state index contributed by atoms with van der Waals surface area (Å²) in [4.78, 5) is 9.82. The minimum atomic E-state index is -0.211. The summed E-state index contributed by atoms with van der Waals surface area (Å²) in [5, 5.41) is 0. The van der Waals surface area contributed by atoms with Crippen LogP contribution in [-0.2, 0) is 18.6 Å². The average Bonchev–Trinajstić information content (AvgIpc) is 2.06. The lowest BCUT2D eigenvalue weighted by Gasteiger charge is -1.96. The van der Waals surface area contributed by atoms with Gasteiger partial charge in [-0.1, -0.05) is 0 Å². The van der Waals surface area contributed by atoms with Gasteiger partial charge in [0.15, 0.2) is 9.03 Å². The van der Waals surface area contributed by atoms with E-state index in [0.29, 0.717) is 6.61 Å². The third-order valence-corrected chi connectivity index (χ3v) is 1.57. The van der Waals surface area contributed by atoms with Gasteiger partial charge in [0, 0.05) is 6.92 Å². The van der Waals surface area contributed by atoms with Gasteiger partial charge in [-0.2, -0.15) is 0 Å². The summed E-state index contributed by atoms with van der Waals surface area (Å²) in [6, 6.07) is 0. The van der Waals surface area contributed by atoms with Crippen molar-refractivity contribution in [2.45, 2.75) is 27.7 Å². The maximum Gasteiger partial charge on any atom is 0.302 e. The highest BCUT2D eigenvalue weighted by Gasteiger charge is 1.81. The highest BCUT2D eigenvalue weighted by Crippen LogP contribution is 2.10. The van der Waals surface area contributed by atoms with E-state index in [4.69, 9.17) is 9.05 Å². The molecular weight excluding hydrogens is 191 g/mol. The predicted octanol–water partition coefficient (Wildman–Crippen LogP) is 2.14. The molecule has 4 nitrogen and oxygen atoms in total. The largest absolute Gasteiger partial charge is 0.466 e. The van der Waals surface area contributed by atoms with Crippen LogP contribution in [0.1, 0.15) is 27.7 Å². The Morgan fingerprint density at radius 2 is 1.54 bits per heavy atom. The summed E-state index contributed by atoms with van der Waals surface area (Å²) in [5.74, 6) is -0.211. The average molecular weight is 210 g/mol. The Morgan fingerprint density at radius 3 is 1.69 bits per heavy atom. The van der Waals surface area contributed by atoms with Gasteiger partial charge in [0.2, 0.25) is 0 Å². The minimum Gasteiger partial charge on any atom is -0.466 e. The van der Waals surface area contributed by atoms with Crippen molar-refractivity contribution >= 4 is 15.0 Å². The number of hydrogen-bond acceptors (Lipinski definition) is 4. The Balaban J connectivity index is 0. The number of carbonyl (C=O) groups is 1. The molecule has 0 heterocycles. The van der Waals surface area contributed by atoms with Crippen LogP contribution in [0.15, 0.2) is 0 Å². The van der Waals surface area contributed by atoms with E-state index in [1.807, 2.05) is 13.8 Å². The van der Waals surface area contributed by atoms with Gasteiger partial charge in [0.05, 0.1) is 19.8 Å². The summed E-state index contributed by atoms with van der Waals surface area (Å²) in [6.07, 6.45) is 0. The van der Waals surface area contributed by atoms with Gasteiger partial charge in [0.25, 0.3) is 0 Å². The number of ether oxygens (including phenoxy) is 1. The van der Waals surface area contributed by atoms with Crippen molar-refractivity contribution < 1.29 is 18.6 Å². The van der Waals surface area contributed by atoms with Gasteiger partial charge < -0.3 is 13.8 Å². The molecule has 0 unspecified atom stereocenters. The zero-order chi connectivity index (χ0) is 10.5. The predicted molar refractivity (Wildman–Crippen MR) is 53.9 cm³/mol. The van der Waals surface area contributed by atoms with Crippen molar-refractivity contribution in [2.75, 3.05) is 19.8 Å². The number of carbonyl (C=O) groups excluding carboxylic acids is 1. The number of rotatable bonds is 5. The first-order chi connectivity index (χ1) is 6.18. The van der Waals surface area contributed by atoms with Crippen LogP contribution in [0.3, 0.4) is 0 Å². The van der Waals surface area contributed by atoms with Gasteiger partial charge in [-0.05, 0) is 20.8 Å². The summed E-state index contributed by atoms with van der Waals surface area (Å²) >= 11 is 0. The summed E-state index contributed by atoms with van der Waals surface area (Å²) in [6.45, 7) is 9.05. The molecular formula is C8H19O4P. The first-order valence-corrected chi connectivity index (χ1v) is 5.12. The van der Waals surface area contributed by atoms with Gasteiger partial charge >= 0.3 is 5.97 Å². The van der Waals surface area contributed by atoms with E-state index < -0.39 is 0 Å². The topological polar surface area (TPSA) is 44.8 Å². The molecule has 5 heteroatoms. The Morgan fingerprint density at radius 1 is 1.08 bits per heavy atom. The van der Waals surface area contributed by atoms with E-state index in [-0.39, 0.29) is 15.0 Å². The van der Waals surface area contributed by atoms with E-state index in [1.165, 1.54) is 6.92 Å².